The topological polar surface area (TPSA) is 83.6 Å². The molecule has 9 heteroatoms. The zero-order chi connectivity index (χ0) is 19.0. The average Bonchev–Trinajstić information content (AvgIpc) is 2.56. The van der Waals surface area contributed by atoms with Crippen LogP contribution in [0.3, 0.4) is 0 Å². The van der Waals surface area contributed by atoms with Crippen molar-refractivity contribution in [2.24, 2.45) is 11.7 Å². The Labute approximate surface area is 148 Å². The van der Waals surface area contributed by atoms with Gasteiger partial charge in [0.1, 0.15) is 0 Å². The number of ketones is 1. The molecular formula is C16H20ClF3N2O3. The number of carboxylic acids is 1. The van der Waals surface area contributed by atoms with Crippen molar-refractivity contribution in [3.05, 3.63) is 34.9 Å². The molecule has 1 saturated heterocycles. The molecule has 1 fully saturated rings. The molecule has 0 amide bonds. The Hall–Kier alpha value is -1.64. The maximum absolute atomic E-state index is 12.3. The third-order valence-corrected chi connectivity index (χ3v) is 4.03. The number of carboxylic acid groups (broad SMARTS) is 1. The SMILES string of the molecule is NCCN1CCC(C(=O)c2ccc(Cl)cc2)CC1.O=C(O)C(F)(F)F. The first kappa shape index (κ1) is 21.4. The molecule has 2 rings (SSSR count). The van der Waals surface area contributed by atoms with E-state index < -0.39 is 12.1 Å². The number of hydrogen-bond acceptors (Lipinski definition) is 4. The number of nitrogens with zero attached hydrogens (tertiary/aromatic N) is 1. The molecule has 0 spiro atoms. The normalized spacial score (nSPS) is 16.0. The van der Waals surface area contributed by atoms with Crippen LogP contribution < -0.4 is 5.73 Å². The van der Waals surface area contributed by atoms with E-state index in [4.69, 9.17) is 27.2 Å². The summed E-state index contributed by atoms with van der Waals surface area (Å²) in [4.78, 5) is 23.5. The fourth-order valence-electron chi connectivity index (χ4n) is 2.45. The van der Waals surface area contributed by atoms with Gasteiger partial charge in [0.15, 0.2) is 5.78 Å². The minimum absolute atomic E-state index is 0.153. The average molecular weight is 381 g/mol. The van der Waals surface area contributed by atoms with E-state index in [-0.39, 0.29) is 11.7 Å². The number of carbonyl (C=O) groups is 2. The van der Waals surface area contributed by atoms with Gasteiger partial charge in [-0.3, -0.25) is 4.79 Å². The van der Waals surface area contributed by atoms with Crippen molar-refractivity contribution in [3.8, 4) is 0 Å². The van der Waals surface area contributed by atoms with Crippen LogP contribution in [0.4, 0.5) is 13.2 Å². The number of halogens is 4. The lowest BCUT2D eigenvalue weighted by Crippen LogP contribution is -2.39. The standard InChI is InChI=1S/C14H19ClN2O.C2HF3O2/c15-13-3-1-11(2-4-13)14(18)12-5-8-17(9-6-12)10-7-16;3-2(4,5)1(6)7/h1-4,12H,5-10,16H2;(H,6,7). The van der Waals surface area contributed by atoms with Crippen molar-refractivity contribution in [1.29, 1.82) is 0 Å². The number of aliphatic carboxylic acids is 1. The third-order valence-electron chi connectivity index (χ3n) is 3.77. The fraction of sp³-hybridized carbons (Fsp3) is 0.500. The highest BCUT2D eigenvalue weighted by molar-refractivity contribution is 6.30. The quantitative estimate of drug-likeness (QED) is 0.785. The molecule has 0 unspecified atom stereocenters. The molecule has 25 heavy (non-hydrogen) atoms. The van der Waals surface area contributed by atoms with Gasteiger partial charge in [-0.1, -0.05) is 11.6 Å². The summed E-state index contributed by atoms with van der Waals surface area (Å²) < 4.78 is 31.7. The highest BCUT2D eigenvalue weighted by atomic mass is 35.5. The van der Waals surface area contributed by atoms with Gasteiger partial charge in [-0.05, 0) is 50.2 Å². The number of hydrogen-bond donors (Lipinski definition) is 2. The molecule has 1 heterocycles. The molecule has 1 aliphatic heterocycles. The number of alkyl halides is 3. The molecule has 0 saturated carbocycles. The predicted octanol–water partition coefficient (Wildman–Crippen LogP) is 2.83. The number of nitrogens with two attached hydrogens (primary N) is 1. The van der Waals surface area contributed by atoms with Crippen LogP contribution in [-0.4, -0.2) is 54.1 Å². The van der Waals surface area contributed by atoms with E-state index in [1.54, 1.807) is 12.1 Å². The summed E-state index contributed by atoms with van der Waals surface area (Å²) in [5.74, 6) is -2.35. The lowest BCUT2D eigenvalue weighted by atomic mass is 9.89. The maximum atomic E-state index is 12.3. The van der Waals surface area contributed by atoms with Crippen molar-refractivity contribution in [2.75, 3.05) is 26.2 Å². The monoisotopic (exact) mass is 380 g/mol. The summed E-state index contributed by atoms with van der Waals surface area (Å²) >= 11 is 5.83. The van der Waals surface area contributed by atoms with Crippen LogP contribution in [0, 0.1) is 5.92 Å². The van der Waals surface area contributed by atoms with E-state index in [1.807, 2.05) is 12.1 Å². The van der Waals surface area contributed by atoms with Crippen LogP contribution in [0.2, 0.25) is 5.02 Å². The van der Waals surface area contributed by atoms with Gasteiger partial charge in [-0.15, -0.1) is 0 Å². The Morgan fingerprint density at radius 1 is 1.20 bits per heavy atom. The van der Waals surface area contributed by atoms with Crippen molar-refractivity contribution in [2.45, 2.75) is 19.0 Å². The summed E-state index contributed by atoms with van der Waals surface area (Å²) in [6.07, 6.45) is -3.22. The zero-order valence-electron chi connectivity index (χ0n) is 13.4. The second-order valence-electron chi connectivity index (χ2n) is 5.58. The van der Waals surface area contributed by atoms with Crippen LogP contribution in [0.25, 0.3) is 0 Å². The molecule has 0 atom stereocenters. The molecule has 140 valence electrons. The van der Waals surface area contributed by atoms with E-state index in [9.17, 15) is 18.0 Å². The van der Waals surface area contributed by atoms with Gasteiger partial charge >= 0.3 is 12.1 Å². The van der Waals surface area contributed by atoms with Gasteiger partial charge in [-0.2, -0.15) is 13.2 Å². The van der Waals surface area contributed by atoms with E-state index in [0.29, 0.717) is 11.6 Å². The molecule has 0 bridgehead atoms. The van der Waals surface area contributed by atoms with Crippen molar-refractivity contribution < 1.29 is 27.9 Å². The van der Waals surface area contributed by atoms with Gasteiger partial charge < -0.3 is 15.7 Å². The Morgan fingerprint density at radius 3 is 2.08 bits per heavy atom. The van der Waals surface area contributed by atoms with Gasteiger partial charge in [0, 0.05) is 29.6 Å². The molecule has 5 nitrogen and oxygen atoms in total. The first-order valence-corrected chi connectivity index (χ1v) is 8.05. The first-order chi connectivity index (χ1) is 11.6. The molecule has 0 aliphatic carbocycles. The largest absolute Gasteiger partial charge is 0.490 e. The van der Waals surface area contributed by atoms with Crippen LogP contribution in [0.1, 0.15) is 23.2 Å². The molecule has 0 aromatic heterocycles. The van der Waals surface area contributed by atoms with E-state index in [1.165, 1.54) is 0 Å². The van der Waals surface area contributed by atoms with Crippen LogP contribution in [0.5, 0.6) is 0 Å². The maximum Gasteiger partial charge on any atom is 0.490 e. The Kier molecular flexibility index (Phi) is 8.34. The zero-order valence-corrected chi connectivity index (χ0v) is 14.2. The smallest absolute Gasteiger partial charge is 0.475 e. The summed E-state index contributed by atoms with van der Waals surface area (Å²) in [6.45, 7) is 3.57. The molecule has 1 aliphatic rings. The second-order valence-corrected chi connectivity index (χ2v) is 6.02. The lowest BCUT2D eigenvalue weighted by molar-refractivity contribution is -0.192. The Morgan fingerprint density at radius 2 is 1.68 bits per heavy atom. The number of rotatable bonds is 4. The minimum Gasteiger partial charge on any atom is -0.475 e. The molecule has 0 radical (unpaired) electrons. The minimum atomic E-state index is -5.08. The van der Waals surface area contributed by atoms with Gasteiger partial charge in [-0.25, -0.2) is 4.79 Å². The molecule has 1 aromatic rings. The van der Waals surface area contributed by atoms with Crippen molar-refractivity contribution in [3.63, 3.8) is 0 Å². The van der Waals surface area contributed by atoms with E-state index in [0.717, 1.165) is 38.0 Å². The van der Waals surface area contributed by atoms with E-state index in [2.05, 4.69) is 4.90 Å². The Bertz CT molecular complexity index is 571. The third kappa shape index (κ3) is 7.41. The number of benzene rings is 1. The number of piperidine rings is 1. The fourth-order valence-corrected chi connectivity index (χ4v) is 2.58. The summed E-state index contributed by atoms with van der Waals surface area (Å²) in [5, 5.41) is 7.80. The highest BCUT2D eigenvalue weighted by Gasteiger charge is 2.38. The van der Waals surface area contributed by atoms with Crippen LogP contribution in [-0.2, 0) is 4.79 Å². The molecular weight excluding hydrogens is 361 g/mol. The van der Waals surface area contributed by atoms with Gasteiger partial charge in [0.25, 0.3) is 0 Å². The summed E-state index contributed by atoms with van der Waals surface area (Å²) in [6, 6.07) is 7.19. The first-order valence-electron chi connectivity index (χ1n) is 7.67. The predicted molar refractivity (Wildman–Crippen MR) is 87.7 cm³/mol. The van der Waals surface area contributed by atoms with Crippen LogP contribution in [0.15, 0.2) is 24.3 Å². The molecule has 1 aromatic carbocycles. The second kappa shape index (κ2) is 9.74. The number of likely N-dealkylation sites (tertiary alicyclic amines) is 1. The Balaban J connectivity index is 0.000000381. The van der Waals surface area contributed by atoms with Crippen molar-refractivity contribution >= 4 is 23.4 Å². The van der Waals surface area contributed by atoms with Gasteiger partial charge in [0.2, 0.25) is 0 Å². The summed E-state index contributed by atoms with van der Waals surface area (Å²) in [7, 11) is 0. The van der Waals surface area contributed by atoms with Crippen LogP contribution >= 0.6 is 11.6 Å². The van der Waals surface area contributed by atoms with E-state index >= 15 is 0 Å². The summed E-state index contributed by atoms with van der Waals surface area (Å²) in [5.41, 5.74) is 6.31. The van der Waals surface area contributed by atoms with Gasteiger partial charge in [0.05, 0.1) is 0 Å². The molecule has 3 N–H and O–H groups in total. The number of carbonyl (C=O) groups excluding carboxylic acids is 1. The van der Waals surface area contributed by atoms with Crippen molar-refractivity contribution in [1.82, 2.24) is 4.90 Å². The number of Topliss-reactive ketones (excluding diaryl/α,β-unsaturated/α-hetero) is 1. The lowest BCUT2D eigenvalue weighted by Gasteiger charge is -2.30. The highest BCUT2D eigenvalue weighted by Crippen LogP contribution is 2.22.